The van der Waals surface area contributed by atoms with Crippen molar-refractivity contribution in [2.45, 2.75) is 13.5 Å². The number of hydrogen-bond acceptors (Lipinski definition) is 6. The van der Waals surface area contributed by atoms with E-state index in [4.69, 9.17) is 16.9 Å². The highest BCUT2D eigenvalue weighted by Gasteiger charge is 2.22. The maximum Gasteiger partial charge on any atom is 0.165 e. The SMILES string of the molecule is CCn1cnc2c(N3CCN(c4ccc(C#N)cc4Cl)CC3)ncnc21. The molecular formula is C18H18ClN7. The summed E-state index contributed by atoms with van der Waals surface area (Å²) in [6.45, 7) is 6.20. The van der Waals surface area contributed by atoms with Gasteiger partial charge in [0.25, 0.3) is 0 Å². The number of nitrogens with zero attached hydrogens (tertiary/aromatic N) is 7. The van der Waals surface area contributed by atoms with Crippen LogP contribution in [0.4, 0.5) is 11.5 Å². The quantitative estimate of drug-likeness (QED) is 0.708. The zero-order valence-electron chi connectivity index (χ0n) is 14.4. The van der Waals surface area contributed by atoms with E-state index in [0.717, 1.165) is 55.4 Å². The summed E-state index contributed by atoms with van der Waals surface area (Å²) in [6, 6.07) is 7.56. The normalized spacial score (nSPS) is 14.7. The summed E-state index contributed by atoms with van der Waals surface area (Å²) in [5.41, 5.74) is 3.26. The molecule has 0 spiro atoms. The Morgan fingerprint density at radius 1 is 1.12 bits per heavy atom. The third kappa shape index (κ3) is 2.82. The average molecular weight is 368 g/mol. The predicted octanol–water partition coefficient (Wildman–Crippen LogP) is 2.70. The first-order valence-electron chi connectivity index (χ1n) is 8.56. The molecule has 1 fully saturated rings. The van der Waals surface area contributed by atoms with Crippen molar-refractivity contribution < 1.29 is 0 Å². The van der Waals surface area contributed by atoms with Gasteiger partial charge in [-0.1, -0.05) is 11.6 Å². The van der Waals surface area contributed by atoms with E-state index in [-0.39, 0.29) is 0 Å². The van der Waals surface area contributed by atoms with Gasteiger partial charge in [0.05, 0.1) is 28.7 Å². The molecule has 0 N–H and O–H groups in total. The molecule has 2 aromatic heterocycles. The van der Waals surface area contributed by atoms with Crippen LogP contribution in [-0.4, -0.2) is 45.7 Å². The molecule has 8 heteroatoms. The molecule has 3 aromatic rings. The van der Waals surface area contributed by atoms with Gasteiger partial charge < -0.3 is 14.4 Å². The second-order valence-corrected chi connectivity index (χ2v) is 6.56. The second kappa shape index (κ2) is 6.81. The lowest BCUT2D eigenvalue weighted by atomic mass is 10.2. The summed E-state index contributed by atoms with van der Waals surface area (Å²) in [4.78, 5) is 17.8. The Hall–Kier alpha value is -2.85. The number of halogens is 1. The van der Waals surface area contributed by atoms with Crippen LogP contribution in [0.15, 0.2) is 30.9 Å². The van der Waals surface area contributed by atoms with Gasteiger partial charge in [-0.3, -0.25) is 0 Å². The van der Waals surface area contributed by atoms with Gasteiger partial charge in [0, 0.05) is 32.7 Å². The van der Waals surface area contributed by atoms with Crippen LogP contribution < -0.4 is 9.80 Å². The molecule has 3 heterocycles. The van der Waals surface area contributed by atoms with Gasteiger partial charge in [0.1, 0.15) is 6.33 Å². The fourth-order valence-corrected chi connectivity index (χ4v) is 3.62. The predicted molar refractivity (Wildman–Crippen MR) is 102 cm³/mol. The Bertz CT molecular complexity index is 983. The maximum absolute atomic E-state index is 8.98. The third-order valence-electron chi connectivity index (χ3n) is 4.72. The number of fused-ring (bicyclic) bond motifs is 1. The number of anilines is 2. The fraction of sp³-hybridized carbons (Fsp3) is 0.333. The Labute approximate surface area is 156 Å². The van der Waals surface area contributed by atoms with Crippen LogP contribution in [-0.2, 0) is 6.54 Å². The summed E-state index contributed by atoms with van der Waals surface area (Å²) in [5, 5.41) is 9.60. The lowest BCUT2D eigenvalue weighted by molar-refractivity contribution is 0.648. The molecule has 1 aromatic carbocycles. The lowest BCUT2D eigenvalue weighted by Gasteiger charge is -2.37. The highest BCUT2D eigenvalue weighted by molar-refractivity contribution is 6.33. The van der Waals surface area contributed by atoms with E-state index in [1.807, 2.05) is 17.0 Å². The monoisotopic (exact) mass is 367 g/mol. The van der Waals surface area contributed by atoms with Crippen LogP contribution in [0.25, 0.3) is 11.2 Å². The molecule has 1 saturated heterocycles. The summed E-state index contributed by atoms with van der Waals surface area (Å²) >= 11 is 6.35. The number of rotatable bonds is 3. The molecule has 0 saturated carbocycles. The van der Waals surface area contributed by atoms with Crippen LogP contribution in [0.5, 0.6) is 0 Å². The molecule has 7 nitrogen and oxygen atoms in total. The van der Waals surface area contributed by atoms with Gasteiger partial charge in [0.15, 0.2) is 17.0 Å². The lowest BCUT2D eigenvalue weighted by Crippen LogP contribution is -2.47. The first-order chi connectivity index (χ1) is 12.7. The number of aryl methyl sites for hydroxylation is 1. The Morgan fingerprint density at radius 2 is 1.88 bits per heavy atom. The fourth-order valence-electron chi connectivity index (χ4n) is 3.32. The van der Waals surface area contributed by atoms with Gasteiger partial charge in [0.2, 0.25) is 0 Å². The summed E-state index contributed by atoms with van der Waals surface area (Å²) < 4.78 is 2.02. The van der Waals surface area contributed by atoms with Crippen molar-refractivity contribution in [1.82, 2.24) is 19.5 Å². The van der Waals surface area contributed by atoms with Crippen LogP contribution in [0.1, 0.15) is 12.5 Å². The average Bonchev–Trinajstić information content (AvgIpc) is 3.11. The molecule has 26 heavy (non-hydrogen) atoms. The molecule has 0 aliphatic carbocycles. The molecule has 0 radical (unpaired) electrons. The van der Waals surface area contributed by atoms with Crippen molar-refractivity contribution in [2.75, 3.05) is 36.0 Å². The molecule has 1 aliphatic rings. The molecule has 0 unspecified atom stereocenters. The van der Waals surface area contributed by atoms with Crippen LogP contribution in [0.2, 0.25) is 5.02 Å². The minimum atomic E-state index is 0.576. The van der Waals surface area contributed by atoms with Crippen molar-refractivity contribution in [3.05, 3.63) is 41.4 Å². The zero-order chi connectivity index (χ0) is 18.1. The minimum absolute atomic E-state index is 0.576. The Kier molecular flexibility index (Phi) is 4.35. The largest absolute Gasteiger partial charge is 0.367 e. The van der Waals surface area contributed by atoms with Crippen molar-refractivity contribution >= 4 is 34.3 Å². The molecule has 0 atom stereocenters. The number of benzene rings is 1. The van der Waals surface area contributed by atoms with Crippen molar-refractivity contribution in [1.29, 1.82) is 5.26 Å². The molecule has 1 aliphatic heterocycles. The van der Waals surface area contributed by atoms with Gasteiger partial charge in [-0.2, -0.15) is 5.26 Å². The maximum atomic E-state index is 8.98. The molecular weight excluding hydrogens is 350 g/mol. The minimum Gasteiger partial charge on any atom is -0.367 e. The highest BCUT2D eigenvalue weighted by atomic mass is 35.5. The van der Waals surface area contributed by atoms with Gasteiger partial charge in [-0.05, 0) is 25.1 Å². The smallest absolute Gasteiger partial charge is 0.165 e. The Balaban J connectivity index is 1.54. The van der Waals surface area contributed by atoms with E-state index >= 15 is 0 Å². The van der Waals surface area contributed by atoms with Crippen LogP contribution >= 0.6 is 11.6 Å². The standard InChI is InChI=1S/C18H18ClN7/c1-2-24-12-23-16-17(24)21-11-22-18(16)26-7-5-25(6-8-26)15-4-3-13(10-20)9-14(15)19/h3-4,9,11-12H,2,5-8H2,1H3. The number of imidazole rings is 1. The van der Waals surface area contributed by atoms with Gasteiger partial charge in [-0.15, -0.1) is 0 Å². The zero-order valence-corrected chi connectivity index (χ0v) is 15.2. The summed E-state index contributed by atoms with van der Waals surface area (Å²) in [5.74, 6) is 0.882. The number of nitriles is 1. The van der Waals surface area contributed by atoms with Crippen molar-refractivity contribution in [2.24, 2.45) is 0 Å². The number of hydrogen-bond donors (Lipinski definition) is 0. The third-order valence-corrected chi connectivity index (χ3v) is 5.02. The highest BCUT2D eigenvalue weighted by Crippen LogP contribution is 2.29. The van der Waals surface area contributed by atoms with Crippen molar-refractivity contribution in [3.8, 4) is 6.07 Å². The molecule has 132 valence electrons. The Morgan fingerprint density at radius 3 is 2.58 bits per heavy atom. The summed E-state index contributed by atoms with van der Waals surface area (Å²) in [6.07, 6.45) is 3.42. The van der Waals surface area contributed by atoms with Crippen LogP contribution in [0, 0.1) is 11.3 Å². The van der Waals surface area contributed by atoms with E-state index in [1.165, 1.54) is 0 Å². The number of aromatic nitrogens is 4. The van der Waals surface area contributed by atoms with E-state index in [1.54, 1.807) is 18.5 Å². The second-order valence-electron chi connectivity index (χ2n) is 6.15. The molecule has 0 bridgehead atoms. The van der Waals surface area contributed by atoms with E-state index in [9.17, 15) is 0 Å². The van der Waals surface area contributed by atoms with E-state index in [2.05, 4.69) is 37.7 Å². The van der Waals surface area contributed by atoms with Crippen molar-refractivity contribution in [3.63, 3.8) is 0 Å². The van der Waals surface area contributed by atoms with Gasteiger partial charge in [-0.25, -0.2) is 15.0 Å². The summed E-state index contributed by atoms with van der Waals surface area (Å²) in [7, 11) is 0. The van der Waals surface area contributed by atoms with Gasteiger partial charge >= 0.3 is 0 Å². The van der Waals surface area contributed by atoms with E-state index in [0.29, 0.717) is 10.6 Å². The van der Waals surface area contributed by atoms with E-state index < -0.39 is 0 Å². The van der Waals surface area contributed by atoms with Crippen LogP contribution in [0.3, 0.4) is 0 Å². The first kappa shape index (κ1) is 16.6. The first-order valence-corrected chi connectivity index (χ1v) is 8.94. The topological polar surface area (TPSA) is 73.9 Å². The molecule has 0 amide bonds. The molecule has 4 rings (SSSR count). The number of piperazine rings is 1.